The van der Waals surface area contributed by atoms with Crippen molar-refractivity contribution in [1.82, 2.24) is 10.2 Å². The van der Waals surface area contributed by atoms with E-state index in [4.69, 9.17) is 30.5 Å². The molecule has 0 aliphatic carbocycles. The summed E-state index contributed by atoms with van der Waals surface area (Å²) in [6.07, 6.45) is 0. The van der Waals surface area contributed by atoms with E-state index in [1.807, 2.05) is 6.07 Å². The molecule has 3 aromatic rings. The Morgan fingerprint density at radius 2 is 1.59 bits per heavy atom. The number of amides is 1. The van der Waals surface area contributed by atoms with Crippen LogP contribution in [0.15, 0.2) is 47.5 Å². The molecular formula is C22H22ClN3O5S. The Kier molecular flexibility index (Phi) is 8.02. The van der Waals surface area contributed by atoms with E-state index in [1.54, 1.807) is 57.7 Å². The molecule has 0 aliphatic rings. The highest BCUT2D eigenvalue weighted by molar-refractivity contribution is 7.99. The molecule has 10 heteroatoms. The van der Waals surface area contributed by atoms with Crippen molar-refractivity contribution in [2.24, 2.45) is 0 Å². The van der Waals surface area contributed by atoms with E-state index in [-0.39, 0.29) is 11.7 Å². The Morgan fingerprint density at radius 3 is 2.16 bits per heavy atom. The molecule has 0 spiro atoms. The second kappa shape index (κ2) is 10.9. The van der Waals surface area contributed by atoms with Crippen LogP contribution in [-0.2, 0) is 4.79 Å². The van der Waals surface area contributed by atoms with Crippen LogP contribution in [-0.4, -0.2) is 50.3 Å². The molecule has 0 saturated heterocycles. The summed E-state index contributed by atoms with van der Waals surface area (Å²) in [5.74, 6) is 2.01. The van der Waals surface area contributed by atoms with Gasteiger partial charge in [0.1, 0.15) is 10.8 Å². The highest BCUT2D eigenvalue weighted by Crippen LogP contribution is 2.40. The van der Waals surface area contributed by atoms with E-state index in [9.17, 15) is 4.79 Å². The third-order valence-electron chi connectivity index (χ3n) is 4.39. The van der Waals surface area contributed by atoms with Crippen LogP contribution in [0.2, 0.25) is 5.02 Å². The minimum absolute atomic E-state index is 0.147. The lowest BCUT2D eigenvalue weighted by Gasteiger charge is -2.13. The Hall–Kier alpha value is -3.17. The average molecular weight is 476 g/mol. The Balaban J connectivity index is 1.68. The van der Waals surface area contributed by atoms with Gasteiger partial charge in [0.15, 0.2) is 11.5 Å². The van der Waals surface area contributed by atoms with Crippen LogP contribution < -0.4 is 24.3 Å². The number of methoxy groups -OCH3 is 4. The molecule has 0 atom stereocenters. The average Bonchev–Trinajstić information content (AvgIpc) is 2.82. The smallest absolute Gasteiger partial charge is 0.234 e. The molecule has 0 aliphatic heterocycles. The largest absolute Gasteiger partial charge is 0.495 e. The fourth-order valence-electron chi connectivity index (χ4n) is 2.88. The van der Waals surface area contributed by atoms with Gasteiger partial charge in [-0.25, -0.2) is 0 Å². The van der Waals surface area contributed by atoms with Gasteiger partial charge in [0.25, 0.3) is 0 Å². The second-order valence-corrected chi connectivity index (χ2v) is 7.78. The topological polar surface area (TPSA) is 91.8 Å². The molecule has 1 aromatic heterocycles. The van der Waals surface area contributed by atoms with Crippen LogP contribution in [0.5, 0.6) is 23.0 Å². The zero-order valence-corrected chi connectivity index (χ0v) is 19.5. The molecule has 0 radical (unpaired) electrons. The van der Waals surface area contributed by atoms with E-state index in [1.165, 1.54) is 18.9 Å². The second-order valence-electron chi connectivity index (χ2n) is 6.35. The van der Waals surface area contributed by atoms with Crippen molar-refractivity contribution in [1.29, 1.82) is 0 Å². The number of anilines is 1. The monoisotopic (exact) mass is 475 g/mol. The molecule has 2 aromatic carbocycles. The standard InChI is InChI=1S/C22H22ClN3O5S/c1-28-17-7-5-14(23)11-16(17)24-20(27)12-32-21-8-6-15(25-26-21)13-9-18(29-2)22(31-4)19(10-13)30-3/h5-11H,12H2,1-4H3,(H,24,27). The maximum atomic E-state index is 12.3. The number of hydrogen-bond donors (Lipinski definition) is 1. The van der Waals surface area contributed by atoms with Gasteiger partial charge in [-0.1, -0.05) is 23.4 Å². The van der Waals surface area contributed by atoms with Crippen molar-refractivity contribution in [2.45, 2.75) is 5.03 Å². The number of nitrogens with one attached hydrogen (secondary N) is 1. The number of carbonyl (C=O) groups excluding carboxylic acids is 1. The van der Waals surface area contributed by atoms with Gasteiger partial charge in [-0.15, -0.1) is 10.2 Å². The number of aromatic nitrogens is 2. The number of halogens is 1. The minimum Gasteiger partial charge on any atom is -0.495 e. The third-order valence-corrected chi connectivity index (χ3v) is 5.54. The molecule has 1 amide bonds. The lowest BCUT2D eigenvalue weighted by molar-refractivity contribution is -0.113. The highest BCUT2D eigenvalue weighted by Gasteiger charge is 2.15. The molecule has 0 unspecified atom stereocenters. The lowest BCUT2D eigenvalue weighted by Crippen LogP contribution is -2.14. The van der Waals surface area contributed by atoms with Gasteiger partial charge in [-0.05, 0) is 42.5 Å². The fourth-order valence-corrected chi connectivity index (χ4v) is 3.67. The van der Waals surface area contributed by atoms with Gasteiger partial charge in [-0.3, -0.25) is 4.79 Å². The highest BCUT2D eigenvalue weighted by atomic mass is 35.5. The first-order valence-electron chi connectivity index (χ1n) is 9.39. The van der Waals surface area contributed by atoms with Crippen molar-refractivity contribution < 1.29 is 23.7 Å². The van der Waals surface area contributed by atoms with Gasteiger partial charge >= 0.3 is 0 Å². The van der Waals surface area contributed by atoms with E-state index in [0.29, 0.717) is 44.4 Å². The van der Waals surface area contributed by atoms with Gasteiger partial charge in [0.05, 0.1) is 45.6 Å². The third kappa shape index (κ3) is 5.54. The molecule has 8 nitrogen and oxygen atoms in total. The zero-order chi connectivity index (χ0) is 23.1. The number of nitrogens with zero attached hydrogens (tertiary/aromatic N) is 2. The van der Waals surface area contributed by atoms with Crippen LogP contribution in [0.4, 0.5) is 5.69 Å². The van der Waals surface area contributed by atoms with Crippen LogP contribution in [0.25, 0.3) is 11.3 Å². The van der Waals surface area contributed by atoms with Gasteiger partial charge in [0.2, 0.25) is 11.7 Å². The summed E-state index contributed by atoms with van der Waals surface area (Å²) in [4.78, 5) is 12.3. The van der Waals surface area contributed by atoms with E-state index < -0.39 is 0 Å². The Labute approximate surface area is 195 Å². The van der Waals surface area contributed by atoms with E-state index in [2.05, 4.69) is 15.5 Å². The van der Waals surface area contributed by atoms with E-state index >= 15 is 0 Å². The number of rotatable bonds is 9. The SMILES string of the molecule is COc1ccc(Cl)cc1NC(=O)CSc1ccc(-c2cc(OC)c(OC)c(OC)c2)nn1. The van der Waals surface area contributed by atoms with Crippen LogP contribution >= 0.6 is 23.4 Å². The predicted molar refractivity (Wildman–Crippen MR) is 124 cm³/mol. The maximum Gasteiger partial charge on any atom is 0.234 e. The summed E-state index contributed by atoms with van der Waals surface area (Å²) >= 11 is 7.26. The molecule has 0 fully saturated rings. The molecule has 168 valence electrons. The first-order valence-corrected chi connectivity index (χ1v) is 10.8. The van der Waals surface area contributed by atoms with Crippen molar-refractivity contribution in [3.63, 3.8) is 0 Å². The number of thioether (sulfide) groups is 1. The number of carbonyl (C=O) groups is 1. The first kappa shape index (κ1) is 23.5. The predicted octanol–water partition coefficient (Wildman–Crippen LogP) is 4.56. The summed E-state index contributed by atoms with van der Waals surface area (Å²) in [6.45, 7) is 0. The molecule has 0 saturated carbocycles. The van der Waals surface area contributed by atoms with Gasteiger partial charge < -0.3 is 24.3 Å². The number of benzene rings is 2. The normalized spacial score (nSPS) is 10.4. The zero-order valence-electron chi connectivity index (χ0n) is 18.0. The fraction of sp³-hybridized carbons (Fsp3) is 0.227. The summed E-state index contributed by atoms with van der Waals surface area (Å²) in [5.41, 5.74) is 1.89. The summed E-state index contributed by atoms with van der Waals surface area (Å²) in [7, 11) is 6.18. The first-order chi connectivity index (χ1) is 15.5. The summed E-state index contributed by atoms with van der Waals surface area (Å²) < 4.78 is 21.3. The molecule has 32 heavy (non-hydrogen) atoms. The summed E-state index contributed by atoms with van der Waals surface area (Å²) in [6, 6.07) is 12.2. The van der Waals surface area contributed by atoms with Gasteiger partial charge in [-0.2, -0.15) is 0 Å². The minimum atomic E-state index is -0.217. The van der Waals surface area contributed by atoms with Gasteiger partial charge in [0, 0.05) is 10.6 Å². The molecule has 0 bridgehead atoms. The van der Waals surface area contributed by atoms with E-state index in [0.717, 1.165) is 5.56 Å². The lowest BCUT2D eigenvalue weighted by atomic mass is 10.1. The molecule has 1 heterocycles. The number of ether oxygens (including phenoxy) is 4. The molecule has 3 rings (SSSR count). The number of hydrogen-bond acceptors (Lipinski definition) is 8. The summed E-state index contributed by atoms with van der Waals surface area (Å²) in [5, 5.41) is 12.4. The van der Waals surface area contributed by atoms with Crippen LogP contribution in [0.3, 0.4) is 0 Å². The maximum absolute atomic E-state index is 12.3. The Bertz CT molecular complexity index is 1070. The van der Waals surface area contributed by atoms with Crippen molar-refractivity contribution in [3.8, 4) is 34.3 Å². The van der Waals surface area contributed by atoms with Crippen LogP contribution in [0, 0.1) is 0 Å². The van der Waals surface area contributed by atoms with Crippen molar-refractivity contribution in [2.75, 3.05) is 39.5 Å². The van der Waals surface area contributed by atoms with Crippen LogP contribution in [0.1, 0.15) is 0 Å². The quantitative estimate of drug-likeness (QED) is 0.450. The Morgan fingerprint density at radius 1 is 0.906 bits per heavy atom. The van der Waals surface area contributed by atoms with Crippen molar-refractivity contribution >= 4 is 35.0 Å². The molecule has 1 N–H and O–H groups in total. The molecular weight excluding hydrogens is 454 g/mol. The van der Waals surface area contributed by atoms with Crippen molar-refractivity contribution in [3.05, 3.63) is 47.5 Å².